The van der Waals surface area contributed by atoms with Crippen LogP contribution in [-0.4, -0.2) is 32.3 Å². The van der Waals surface area contributed by atoms with Crippen molar-refractivity contribution in [2.75, 3.05) is 22.4 Å². The summed E-state index contributed by atoms with van der Waals surface area (Å²) in [5, 5.41) is 6.03. The van der Waals surface area contributed by atoms with Gasteiger partial charge in [-0.25, -0.2) is 12.8 Å². The summed E-state index contributed by atoms with van der Waals surface area (Å²) in [6.45, 7) is 1.49. The number of halogens is 1. The zero-order valence-corrected chi connectivity index (χ0v) is 13.4. The summed E-state index contributed by atoms with van der Waals surface area (Å²) < 4.78 is 42.9. The lowest BCUT2D eigenvalue weighted by Gasteiger charge is -2.18. The van der Waals surface area contributed by atoms with Crippen LogP contribution in [0.25, 0.3) is 0 Å². The number of hydrogen-bond acceptors (Lipinski definition) is 5. The summed E-state index contributed by atoms with van der Waals surface area (Å²) in [5.74, 6) is -0.523. The van der Waals surface area contributed by atoms with Crippen LogP contribution in [0.1, 0.15) is 12.2 Å². The Hall–Kier alpha value is -2.42. The van der Waals surface area contributed by atoms with E-state index in [1.807, 2.05) is 0 Å². The first kappa shape index (κ1) is 16.9. The molecule has 9 heteroatoms. The Balaban J connectivity index is 2.04. The Bertz CT molecular complexity index is 804. The fraction of sp³-hybridized carbons (Fsp3) is 0.286. The van der Waals surface area contributed by atoms with Crippen molar-refractivity contribution in [3.05, 3.63) is 41.9 Å². The first-order valence-electron chi connectivity index (χ1n) is 6.73. The van der Waals surface area contributed by atoms with Crippen molar-refractivity contribution >= 4 is 27.4 Å². The summed E-state index contributed by atoms with van der Waals surface area (Å²) in [4.78, 5) is 11.9. The summed E-state index contributed by atoms with van der Waals surface area (Å²) in [6.07, 6.45) is 0.846. The number of amides is 1. The second-order valence-corrected chi connectivity index (χ2v) is 6.82. The van der Waals surface area contributed by atoms with Crippen molar-refractivity contribution in [1.29, 1.82) is 0 Å². The van der Waals surface area contributed by atoms with E-state index in [-0.39, 0.29) is 24.5 Å². The van der Waals surface area contributed by atoms with Gasteiger partial charge in [0.25, 0.3) is 0 Å². The number of anilines is 2. The van der Waals surface area contributed by atoms with Gasteiger partial charge in [-0.1, -0.05) is 17.3 Å². The van der Waals surface area contributed by atoms with Crippen molar-refractivity contribution in [1.82, 2.24) is 5.16 Å². The molecule has 2 aromatic rings. The summed E-state index contributed by atoms with van der Waals surface area (Å²) in [5.41, 5.74) is 0.0423. The van der Waals surface area contributed by atoms with Crippen LogP contribution in [0.5, 0.6) is 0 Å². The number of carbonyl (C=O) groups excluding carboxylic acids is 1. The number of para-hydroxylation sites is 1. The lowest BCUT2D eigenvalue weighted by atomic mass is 10.3. The van der Waals surface area contributed by atoms with Crippen molar-refractivity contribution < 1.29 is 22.1 Å². The number of aryl methyl sites for hydroxylation is 1. The van der Waals surface area contributed by atoms with Crippen LogP contribution in [-0.2, 0) is 14.8 Å². The smallest absolute Gasteiger partial charge is 0.233 e. The largest absolute Gasteiger partial charge is 0.360 e. The van der Waals surface area contributed by atoms with Crippen LogP contribution in [0.4, 0.5) is 15.9 Å². The molecule has 23 heavy (non-hydrogen) atoms. The predicted octanol–water partition coefficient (Wildman–Crippen LogP) is 1.92. The molecule has 1 aromatic carbocycles. The SMILES string of the molecule is Cc1cc(N(CCC(=O)Nc2ccccc2F)S(C)(=O)=O)no1. The van der Waals surface area contributed by atoms with Crippen molar-refractivity contribution in [2.45, 2.75) is 13.3 Å². The van der Waals surface area contributed by atoms with E-state index in [9.17, 15) is 17.6 Å². The molecule has 1 aromatic heterocycles. The fourth-order valence-electron chi connectivity index (χ4n) is 1.90. The van der Waals surface area contributed by atoms with E-state index in [0.717, 1.165) is 10.6 Å². The van der Waals surface area contributed by atoms with Crippen LogP contribution in [0.2, 0.25) is 0 Å². The third-order valence-corrected chi connectivity index (χ3v) is 4.13. The average molecular weight is 341 g/mol. The lowest BCUT2D eigenvalue weighted by Crippen LogP contribution is -2.33. The number of nitrogens with zero attached hydrogens (tertiary/aromatic N) is 2. The fourth-order valence-corrected chi connectivity index (χ4v) is 2.75. The minimum absolute atomic E-state index is 0.0423. The third kappa shape index (κ3) is 4.52. The van der Waals surface area contributed by atoms with Crippen LogP contribution in [0.15, 0.2) is 34.9 Å². The standard InChI is InChI=1S/C14H16FN3O4S/c1-10-9-13(17-22-10)18(23(2,20)21)8-7-14(19)16-12-6-4-3-5-11(12)15/h3-6,9H,7-8H2,1-2H3,(H,16,19). The first-order valence-corrected chi connectivity index (χ1v) is 8.57. The summed E-state index contributed by atoms with van der Waals surface area (Å²) >= 11 is 0. The van der Waals surface area contributed by atoms with Gasteiger partial charge in [0, 0.05) is 19.0 Å². The quantitative estimate of drug-likeness (QED) is 0.866. The maximum Gasteiger partial charge on any atom is 0.233 e. The molecule has 0 saturated heterocycles. The molecule has 0 saturated carbocycles. The highest BCUT2D eigenvalue weighted by atomic mass is 32.2. The predicted molar refractivity (Wildman–Crippen MR) is 83.1 cm³/mol. The minimum atomic E-state index is -3.62. The van der Waals surface area contributed by atoms with Gasteiger partial charge < -0.3 is 9.84 Å². The molecular weight excluding hydrogens is 325 g/mol. The van der Waals surface area contributed by atoms with E-state index in [1.165, 1.54) is 24.3 Å². The van der Waals surface area contributed by atoms with Gasteiger partial charge in [0.05, 0.1) is 11.9 Å². The molecule has 0 aliphatic carbocycles. The van der Waals surface area contributed by atoms with Gasteiger partial charge in [0.1, 0.15) is 11.6 Å². The number of hydrogen-bond donors (Lipinski definition) is 1. The van der Waals surface area contributed by atoms with Gasteiger partial charge in [0.15, 0.2) is 5.82 Å². The Morgan fingerprint density at radius 2 is 2.09 bits per heavy atom. The minimum Gasteiger partial charge on any atom is -0.360 e. The summed E-state index contributed by atoms with van der Waals surface area (Å²) in [6, 6.07) is 7.18. The molecule has 1 amide bonds. The zero-order valence-electron chi connectivity index (χ0n) is 12.6. The van der Waals surface area contributed by atoms with Crippen LogP contribution < -0.4 is 9.62 Å². The van der Waals surface area contributed by atoms with Gasteiger partial charge >= 0.3 is 0 Å². The number of benzene rings is 1. The number of carbonyl (C=O) groups is 1. The van der Waals surface area contributed by atoms with E-state index in [0.29, 0.717) is 5.76 Å². The molecule has 124 valence electrons. The maximum absolute atomic E-state index is 13.5. The third-order valence-electron chi connectivity index (χ3n) is 2.96. The number of nitrogens with one attached hydrogen (secondary N) is 1. The Labute approximate surface area is 133 Å². The maximum atomic E-state index is 13.5. The molecule has 0 atom stereocenters. The molecule has 0 fully saturated rings. The van der Waals surface area contributed by atoms with Gasteiger partial charge in [-0.3, -0.25) is 9.10 Å². The molecule has 0 bridgehead atoms. The second-order valence-electron chi connectivity index (χ2n) is 4.91. The highest BCUT2D eigenvalue weighted by Gasteiger charge is 2.22. The first-order chi connectivity index (χ1) is 10.8. The molecular formula is C14H16FN3O4S. The van der Waals surface area contributed by atoms with Crippen LogP contribution in [0.3, 0.4) is 0 Å². The lowest BCUT2D eigenvalue weighted by molar-refractivity contribution is -0.116. The molecule has 7 nitrogen and oxygen atoms in total. The molecule has 0 unspecified atom stereocenters. The normalized spacial score (nSPS) is 11.3. The van der Waals surface area contributed by atoms with Crippen LogP contribution >= 0.6 is 0 Å². The van der Waals surface area contributed by atoms with Crippen molar-refractivity contribution in [2.24, 2.45) is 0 Å². The van der Waals surface area contributed by atoms with E-state index in [1.54, 1.807) is 13.0 Å². The zero-order chi connectivity index (χ0) is 17.0. The second kappa shape index (κ2) is 6.78. The number of sulfonamides is 1. The van der Waals surface area contributed by atoms with E-state index >= 15 is 0 Å². The van der Waals surface area contributed by atoms with Crippen molar-refractivity contribution in [3.63, 3.8) is 0 Å². The Morgan fingerprint density at radius 1 is 1.39 bits per heavy atom. The monoisotopic (exact) mass is 341 g/mol. The molecule has 0 aliphatic rings. The molecule has 2 rings (SSSR count). The Kier molecular flexibility index (Phi) is 4.99. The molecule has 1 N–H and O–H groups in total. The van der Waals surface area contributed by atoms with Gasteiger partial charge in [-0.15, -0.1) is 0 Å². The molecule has 0 spiro atoms. The van der Waals surface area contributed by atoms with Crippen LogP contribution in [0, 0.1) is 12.7 Å². The highest BCUT2D eigenvalue weighted by Crippen LogP contribution is 2.18. The Morgan fingerprint density at radius 3 is 2.65 bits per heavy atom. The average Bonchev–Trinajstić information content (AvgIpc) is 2.86. The molecule has 0 radical (unpaired) electrons. The van der Waals surface area contributed by atoms with Gasteiger partial charge in [-0.05, 0) is 19.1 Å². The van der Waals surface area contributed by atoms with Gasteiger partial charge in [-0.2, -0.15) is 0 Å². The highest BCUT2D eigenvalue weighted by molar-refractivity contribution is 7.92. The van der Waals surface area contributed by atoms with Gasteiger partial charge in [0.2, 0.25) is 15.9 Å². The van der Waals surface area contributed by atoms with E-state index < -0.39 is 21.7 Å². The van der Waals surface area contributed by atoms with Crippen molar-refractivity contribution in [3.8, 4) is 0 Å². The number of aromatic nitrogens is 1. The topological polar surface area (TPSA) is 92.5 Å². The van der Waals surface area contributed by atoms with E-state index in [4.69, 9.17) is 4.52 Å². The summed E-state index contributed by atoms with van der Waals surface area (Å²) in [7, 11) is -3.62. The molecule has 1 heterocycles. The molecule has 0 aliphatic heterocycles. The number of rotatable bonds is 6. The van der Waals surface area contributed by atoms with E-state index in [2.05, 4.69) is 10.5 Å².